The molecule has 2 heterocycles. The second-order valence-corrected chi connectivity index (χ2v) is 9.06. The predicted octanol–water partition coefficient (Wildman–Crippen LogP) is 4.19. The van der Waals surface area contributed by atoms with Gasteiger partial charge in [-0.2, -0.15) is 4.31 Å². The van der Waals surface area contributed by atoms with E-state index in [2.05, 4.69) is 0 Å². The van der Waals surface area contributed by atoms with Crippen molar-refractivity contribution in [2.75, 3.05) is 31.6 Å². The zero-order valence-electron chi connectivity index (χ0n) is 16.7. The number of nitrogens with zero attached hydrogens (tertiary/aromatic N) is 3. The van der Waals surface area contributed by atoms with Crippen molar-refractivity contribution in [3.8, 4) is 5.75 Å². The average molecular weight is 412 g/mol. The van der Waals surface area contributed by atoms with E-state index in [1.165, 1.54) is 0 Å². The Morgan fingerprint density at radius 1 is 1.03 bits per heavy atom. The molecule has 3 aromatic rings. The fraction of sp³-hybridized carbons (Fsp3) is 0.318. The van der Waals surface area contributed by atoms with Gasteiger partial charge in [0.25, 0.3) is 0 Å². The van der Waals surface area contributed by atoms with Gasteiger partial charge in [0.05, 0.1) is 17.0 Å². The molecule has 2 aromatic carbocycles. The van der Waals surface area contributed by atoms with Gasteiger partial charge in [0.1, 0.15) is 11.6 Å². The maximum atomic E-state index is 12.8. The van der Waals surface area contributed by atoms with Crippen molar-refractivity contribution in [1.29, 1.82) is 0 Å². The Bertz CT molecular complexity index is 1110. The summed E-state index contributed by atoms with van der Waals surface area (Å²) in [5.41, 5.74) is 1.76. The normalized spacial score (nSPS) is 15.0. The lowest BCUT2D eigenvalue weighted by molar-refractivity contribution is 0.340. The molecule has 7 heteroatoms. The van der Waals surface area contributed by atoms with Gasteiger partial charge >= 0.3 is 0 Å². The van der Waals surface area contributed by atoms with Crippen LogP contribution in [-0.2, 0) is 10.0 Å². The van der Waals surface area contributed by atoms with Gasteiger partial charge in [-0.1, -0.05) is 0 Å². The molecule has 152 valence electrons. The number of aromatic nitrogens is 1. The maximum Gasteiger partial charge on any atom is 0.243 e. The summed E-state index contributed by atoms with van der Waals surface area (Å²) in [6.45, 7) is 3.80. The zero-order chi connectivity index (χ0) is 20.4. The molecule has 0 atom stereocenters. The van der Waals surface area contributed by atoms with E-state index >= 15 is 0 Å². The van der Waals surface area contributed by atoms with Crippen LogP contribution in [0.5, 0.6) is 5.75 Å². The number of sulfonamides is 1. The van der Waals surface area contributed by atoms with Gasteiger partial charge in [-0.3, -0.25) is 0 Å². The molecule has 1 saturated heterocycles. The highest BCUT2D eigenvalue weighted by Crippen LogP contribution is 2.28. The lowest BCUT2D eigenvalue weighted by Gasteiger charge is -2.19. The van der Waals surface area contributed by atoms with E-state index in [0.29, 0.717) is 24.6 Å². The second kappa shape index (κ2) is 8.00. The fourth-order valence-electron chi connectivity index (χ4n) is 3.58. The topological polar surface area (TPSA) is 62.7 Å². The van der Waals surface area contributed by atoms with Crippen LogP contribution in [-0.4, -0.2) is 44.5 Å². The molecule has 1 fully saturated rings. The summed E-state index contributed by atoms with van der Waals surface area (Å²) >= 11 is 0. The number of hydrogen-bond acceptors (Lipinski definition) is 5. The Hall–Kier alpha value is -2.64. The summed E-state index contributed by atoms with van der Waals surface area (Å²) in [6, 6.07) is 16.8. The molecule has 0 amide bonds. The lowest BCUT2D eigenvalue weighted by Crippen LogP contribution is -2.27. The molecule has 0 radical (unpaired) electrons. The van der Waals surface area contributed by atoms with Crippen molar-refractivity contribution in [3.05, 3.63) is 54.6 Å². The van der Waals surface area contributed by atoms with E-state index in [-0.39, 0.29) is 0 Å². The van der Waals surface area contributed by atoms with Crippen LogP contribution in [0.4, 0.5) is 11.5 Å². The molecule has 6 nitrogen and oxygen atoms in total. The molecule has 1 aliphatic rings. The first-order valence-electron chi connectivity index (χ1n) is 9.86. The molecule has 0 aliphatic carbocycles. The summed E-state index contributed by atoms with van der Waals surface area (Å²) < 4.78 is 32.7. The van der Waals surface area contributed by atoms with Crippen LogP contribution in [0.25, 0.3) is 10.9 Å². The fourth-order valence-corrected chi connectivity index (χ4v) is 5.14. The summed E-state index contributed by atoms with van der Waals surface area (Å²) in [5.74, 6) is 1.62. The van der Waals surface area contributed by atoms with Crippen LogP contribution in [0.3, 0.4) is 0 Å². The monoisotopic (exact) mass is 411 g/mol. The first-order valence-corrected chi connectivity index (χ1v) is 11.3. The third-order valence-corrected chi connectivity index (χ3v) is 7.12. The highest BCUT2D eigenvalue weighted by Gasteiger charge is 2.27. The molecule has 0 N–H and O–H groups in total. The number of pyridine rings is 1. The van der Waals surface area contributed by atoms with Crippen molar-refractivity contribution in [2.45, 2.75) is 24.7 Å². The molecule has 29 heavy (non-hydrogen) atoms. The van der Waals surface area contributed by atoms with E-state index in [9.17, 15) is 8.42 Å². The summed E-state index contributed by atoms with van der Waals surface area (Å²) in [6.07, 6.45) is 1.85. The molecule has 1 aliphatic heterocycles. The van der Waals surface area contributed by atoms with Crippen molar-refractivity contribution in [3.63, 3.8) is 0 Å². The summed E-state index contributed by atoms with van der Waals surface area (Å²) in [4.78, 5) is 7.04. The largest absolute Gasteiger partial charge is 0.494 e. The van der Waals surface area contributed by atoms with E-state index in [1.807, 2.05) is 55.3 Å². The molecular weight excluding hydrogens is 386 g/mol. The van der Waals surface area contributed by atoms with Crippen LogP contribution in [0.15, 0.2) is 59.5 Å². The minimum Gasteiger partial charge on any atom is -0.494 e. The van der Waals surface area contributed by atoms with Gasteiger partial charge in [-0.15, -0.1) is 0 Å². The van der Waals surface area contributed by atoms with E-state index < -0.39 is 10.0 Å². The van der Waals surface area contributed by atoms with Crippen LogP contribution in [0.1, 0.15) is 19.8 Å². The highest BCUT2D eigenvalue weighted by atomic mass is 32.2. The SMILES string of the molecule is CCOc1ccc(N(C)c2ccc3cc(S(=O)(=O)N4CCCC4)ccc3n2)cc1. The predicted molar refractivity (Wildman–Crippen MR) is 115 cm³/mol. The molecule has 4 rings (SSSR count). The lowest BCUT2D eigenvalue weighted by atomic mass is 10.2. The van der Waals surface area contributed by atoms with E-state index in [0.717, 1.165) is 41.0 Å². The third kappa shape index (κ3) is 3.93. The van der Waals surface area contributed by atoms with Gasteiger partial charge in [-0.05, 0) is 74.4 Å². The van der Waals surface area contributed by atoms with Crippen molar-refractivity contribution in [1.82, 2.24) is 9.29 Å². The molecule has 0 unspecified atom stereocenters. The molecule has 1 aromatic heterocycles. The van der Waals surface area contributed by atoms with Gasteiger partial charge in [0.2, 0.25) is 10.0 Å². The Morgan fingerprint density at radius 3 is 2.45 bits per heavy atom. The number of benzene rings is 2. The number of anilines is 2. The van der Waals surface area contributed by atoms with Crippen molar-refractivity contribution >= 4 is 32.4 Å². The minimum atomic E-state index is -3.43. The third-order valence-electron chi connectivity index (χ3n) is 5.23. The highest BCUT2D eigenvalue weighted by molar-refractivity contribution is 7.89. The van der Waals surface area contributed by atoms with Crippen LogP contribution in [0.2, 0.25) is 0 Å². The number of fused-ring (bicyclic) bond motifs is 1. The first kappa shape index (κ1) is 19.7. The van der Waals surface area contributed by atoms with Crippen LogP contribution < -0.4 is 9.64 Å². The van der Waals surface area contributed by atoms with Gasteiger partial charge in [0.15, 0.2) is 0 Å². The van der Waals surface area contributed by atoms with Gasteiger partial charge in [0, 0.05) is 31.2 Å². The summed E-state index contributed by atoms with van der Waals surface area (Å²) in [5, 5.41) is 0.814. The first-order chi connectivity index (χ1) is 14.0. The Kier molecular flexibility index (Phi) is 5.43. The summed E-state index contributed by atoms with van der Waals surface area (Å²) in [7, 11) is -1.47. The smallest absolute Gasteiger partial charge is 0.243 e. The molecule has 0 spiro atoms. The Balaban J connectivity index is 1.61. The van der Waals surface area contributed by atoms with Gasteiger partial charge in [-0.25, -0.2) is 13.4 Å². The Morgan fingerprint density at radius 2 is 1.76 bits per heavy atom. The maximum absolute atomic E-state index is 12.8. The zero-order valence-corrected chi connectivity index (χ0v) is 17.5. The molecule has 0 saturated carbocycles. The Labute approximate surface area is 171 Å². The van der Waals surface area contributed by atoms with Crippen LogP contribution in [0, 0.1) is 0 Å². The molecular formula is C22H25N3O3S. The number of ether oxygens (including phenoxy) is 1. The standard InChI is InChI=1S/C22H25N3O3S/c1-3-28-19-9-7-18(8-10-19)24(2)22-13-6-17-16-20(11-12-21(17)23-22)29(26,27)25-14-4-5-15-25/h6-13,16H,3-5,14-15H2,1-2H3. The van der Waals surface area contributed by atoms with Gasteiger partial charge < -0.3 is 9.64 Å². The molecule has 0 bridgehead atoms. The average Bonchev–Trinajstić information content (AvgIpc) is 3.29. The second-order valence-electron chi connectivity index (χ2n) is 7.12. The van der Waals surface area contributed by atoms with Crippen molar-refractivity contribution < 1.29 is 13.2 Å². The minimum absolute atomic E-state index is 0.335. The van der Waals surface area contributed by atoms with E-state index in [4.69, 9.17) is 9.72 Å². The quantitative estimate of drug-likeness (QED) is 0.609. The van der Waals surface area contributed by atoms with Crippen LogP contribution >= 0.6 is 0 Å². The number of rotatable bonds is 6. The van der Waals surface area contributed by atoms with E-state index in [1.54, 1.807) is 22.5 Å². The number of hydrogen-bond donors (Lipinski definition) is 0. The van der Waals surface area contributed by atoms with Crippen molar-refractivity contribution in [2.24, 2.45) is 0 Å².